The van der Waals surface area contributed by atoms with Crippen LogP contribution in [0.15, 0.2) is 97.2 Å². The van der Waals surface area contributed by atoms with Crippen LogP contribution in [0.4, 0.5) is 22.7 Å². The van der Waals surface area contributed by atoms with E-state index in [1.54, 1.807) is 60.8 Å². The fraction of sp³-hybridized carbons (Fsp3) is 0.171. The van der Waals surface area contributed by atoms with Gasteiger partial charge in [-0.15, -0.1) is 0 Å². The van der Waals surface area contributed by atoms with Crippen molar-refractivity contribution < 1.29 is 14.4 Å². The number of hydrogen-bond donors (Lipinski definition) is 3. The number of fused-ring (bicyclic) bond motifs is 1. The van der Waals surface area contributed by atoms with Gasteiger partial charge in [0.1, 0.15) is 0 Å². The van der Waals surface area contributed by atoms with Gasteiger partial charge in [-0.2, -0.15) is 0 Å². The van der Waals surface area contributed by atoms with Crippen LogP contribution in [0.1, 0.15) is 37.4 Å². The van der Waals surface area contributed by atoms with Gasteiger partial charge in [-0.25, -0.2) is 0 Å². The number of amides is 2. The smallest absolute Gasteiger partial charge is 0.257 e. The number of aryl methyl sites for hydroxylation is 1. The molecule has 2 heterocycles. The maximum Gasteiger partial charge on any atom is 0.257 e. The third-order valence-corrected chi connectivity index (χ3v) is 7.88. The predicted octanol–water partition coefficient (Wildman–Crippen LogP) is 5.64. The highest BCUT2D eigenvalue weighted by Gasteiger charge is 2.25. The summed E-state index contributed by atoms with van der Waals surface area (Å²) in [6.07, 6.45) is 1.70. The number of piperazine rings is 1. The zero-order valence-corrected chi connectivity index (χ0v) is 24.2. The molecular weight excluding hydrogens is 538 g/mol. The van der Waals surface area contributed by atoms with Gasteiger partial charge in [-0.3, -0.25) is 14.4 Å². The Labute approximate surface area is 251 Å². The van der Waals surface area contributed by atoms with Crippen LogP contribution in [-0.2, 0) is 4.79 Å². The summed E-state index contributed by atoms with van der Waals surface area (Å²) in [5, 5.41) is 8.98. The molecule has 0 radical (unpaired) electrons. The number of rotatable bonds is 7. The van der Waals surface area contributed by atoms with Crippen LogP contribution in [0.3, 0.4) is 0 Å². The summed E-state index contributed by atoms with van der Waals surface area (Å²) in [5.74, 6) is -0.690. The van der Waals surface area contributed by atoms with E-state index in [-0.39, 0.29) is 17.6 Å². The Kier molecular flexibility index (Phi) is 7.77. The molecule has 8 nitrogen and oxygen atoms in total. The largest absolute Gasteiger partial charge is 0.369 e. The second kappa shape index (κ2) is 12.0. The first-order chi connectivity index (χ1) is 20.8. The summed E-state index contributed by atoms with van der Waals surface area (Å²) in [7, 11) is 2.14. The van der Waals surface area contributed by atoms with Gasteiger partial charge in [0.05, 0.1) is 5.57 Å². The first kappa shape index (κ1) is 27.9. The molecule has 0 aromatic heterocycles. The second-order valence-electron chi connectivity index (χ2n) is 11.0. The van der Waals surface area contributed by atoms with Crippen LogP contribution in [-0.4, -0.2) is 55.7 Å². The quantitative estimate of drug-likeness (QED) is 0.197. The second-order valence-corrected chi connectivity index (χ2v) is 11.0. The molecule has 216 valence electrons. The molecule has 0 atom stereocenters. The molecule has 1 fully saturated rings. The van der Waals surface area contributed by atoms with Crippen LogP contribution in [0.5, 0.6) is 0 Å². The van der Waals surface area contributed by atoms with E-state index in [0.717, 1.165) is 43.0 Å². The highest BCUT2D eigenvalue weighted by molar-refractivity contribution is 6.32. The number of hydrogen-bond acceptors (Lipinski definition) is 6. The lowest BCUT2D eigenvalue weighted by Gasteiger charge is -2.34. The van der Waals surface area contributed by atoms with Crippen LogP contribution < -0.4 is 20.9 Å². The molecule has 4 aromatic rings. The van der Waals surface area contributed by atoms with Gasteiger partial charge >= 0.3 is 0 Å². The molecule has 2 aliphatic heterocycles. The number of nitrogens with one attached hydrogen (secondary N) is 3. The Balaban J connectivity index is 1.13. The molecule has 0 spiro atoms. The normalized spacial score (nSPS) is 15.6. The minimum Gasteiger partial charge on any atom is -0.369 e. The van der Waals surface area contributed by atoms with Crippen molar-refractivity contribution in [2.45, 2.75) is 6.92 Å². The molecule has 2 aliphatic rings. The van der Waals surface area contributed by atoms with E-state index in [1.165, 1.54) is 5.69 Å². The van der Waals surface area contributed by atoms with Crippen LogP contribution in [0.25, 0.3) is 5.57 Å². The fourth-order valence-corrected chi connectivity index (χ4v) is 5.28. The maximum absolute atomic E-state index is 13.4. The summed E-state index contributed by atoms with van der Waals surface area (Å²) in [6, 6.07) is 27.5. The maximum atomic E-state index is 13.4. The van der Waals surface area contributed by atoms with Crippen molar-refractivity contribution in [2.24, 2.45) is 0 Å². The van der Waals surface area contributed by atoms with Crippen molar-refractivity contribution in [1.29, 1.82) is 0 Å². The van der Waals surface area contributed by atoms with Crippen molar-refractivity contribution in [3.05, 3.63) is 125 Å². The van der Waals surface area contributed by atoms with Crippen molar-refractivity contribution in [3.8, 4) is 0 Å². The van der Waals surface area contributed by atoms with Crippen molar-refractivity contribution in [2.75, 3.05) is 54.1 Å². The SMILES string of the molecule is Cc1ccc(C(=O)Nc2cccc(C(=O)c3ccc4c(c3)NC(=O)/C4=C/Nc3ccc(N4CCN(C)CC4)cc3)c2)cc1. The topological polar surface area (TPSA) is 93.8 Å². The number of carbonyl (C=O) groups excluding carboxylic acids is 3. The predicted molar refractivity (Wildman–Crippen MR) is 172 cm³/mol. The van der Waals surface area contributed by atoms with Gasteiger partial charge in [0, 0.05) is 77.4 Å². The Morgan fingerprint density at radius 3 is 2.23 bits per heavy atom. The lowest BCUT2D eigenvalue weighted by atomic mass is 9.99. The molecule has 0 saturated carbocycles. The minimum absolute atomic E-state index is 0.209. The van der Waals surface area contributed by atoms with Crippen LogP contribution in [0, 0.1) is 6.92 Å². The number of ketones is 1. The minimum atomic E-state index is -0.247. The lowest BCUT2D eigenvalue weighted by Crippen LogP contribution is -2.44. The third kappa shape index (κ3) is 6.19. The Bertz CT molecular complexity index is 1720. The summed E-state index contributed by atoms with van der Waals surface area (Å²) in [5.41, 5.74) is 6.88. The van der Waals surface area contributed by atoms with E-state index < -0.39 is 0 Å². The molecule has 0 bridgehead atoms. The molecule has 8 heteroatoms. The summed E-state index contributed by atoms with van der Waals surface area (Å²) in [6.45, 7) is 6.07. The first-order valence-electron chi connectivity index (χ1n) is 14.3. The average molecular weight is 572 g/mol. The molecule has 43 heavy (non-hydrogen) atoms. The molecule has 1 saturated heterocycles. The van der Waals surface area contributed by atoms with E-state index in [2.05, 4.69) is 44.9 Å². The van der Waals surface area contributed by atoms with Gasteiger partial charge < -0.3 is 25.8 Å². The number of likely N-dealkylation sites (N-methyl/N-ethyl adjacent to an activating group) is 1. The molecule has 6 rings (SSSR count). The van der Waals surface area contributed by atoms with Gasteiger partial charge in [0.2, 0.25) is 0 Å². The average Bonchev–Trinajstić information content (AvgIpc) is 3.34. The zero-order valence-electron chi connectivity index (χ0n) is 24.2. The number of carbonyl (C=O) groups is 3. The van der Waals surface area contributed by atoms with E-state index >= 15 is 0 Å². The standard InChI is InChI=1S/C35H33N5O3/c1-23-6-8-24(9-7-23)34(42)37-28-5-3-4-25(20-28)33(41)26-10-15-30-31(35(43)38-32(30)21-26)22-36-27-11-13-29(14-12-27)40-18-16-39(2)17-19-40/h3-15,20-22,36H,16-19H2,1-2H3,(H,37,42)(H,38,43)/b31-22+. The fourth-order valence-electron chi connectivity index (χ4n) is 5.28. The van der Waals surface area contributed by atoms with Crippen molar-refractivity contribution in [1.82, 2.24) is 4.90 Å². The van der Waals surface area contributed by atoms with Gasteiger partial charge in [-0.05, 0) is 68.6 Å². The number of anilines is 4. The lowest BCUT2D eigenvalue weighted by molar-refractivity contribution is -0.110. The summed E-state index contributed by atoms with van der Waals surface area (Å²) in [4.78, 5) is 43.5. The molecule has 0 aliphatic carbocycles. The van der Waals surface area contributed by atoms with E-state index in [4.69, 9.17) is 0 Å². The molecule has 3 N–H and O–H groups in total. The first-order valence-corrected chi connectivity index (χ1v) is 14.3. The van der Waals surface area contributed by atoms with Crippen LogP contribution in [0.2, 0.25) is 0 Å². The summed E-state index contributed by atoms with van der Waals surface area (Å²) >= 11 is 0. The molecule has 4 aromatic carbocycles. The Hall–Kier alpha value is -5.21. The number of benzene rings is 4. The highest BCUT2D eigenvalue weighted by Crippen LogP contribution is 2.33. The molecule has 0 unspecified atom stereocenters. The third-order valence-electron chi connectivity index (χ3n) is 7.88. The van der Waals surface area contributed by atoms with Gasteiger partial charge in [0.15, 0.2) is 5.78 Å². The monoisotopic (exact) mass is 571 g/mol. The number of nitrogens with zero attached hydrogens (tertiary/aromatic N) is 2. The Morgan fingerprint density at radius 2 is 1.49 bits per heavy atom. The van der Waals surface area contributed by atoms with Crippen molar-refractivity contribution in [3.63, 3.8) is 0 Å². The van der Waals surface area contributed by atoms with E-state index in [9.17, 15) is 14.4 Å². The molecule has 2 amide bonds. The summed E-state index contributed by atoms with van der Waals surface area (Å²) < 4.78 is 0. The van der Waals surface area contributed by atoms with Gasteiger partial charge in [0.25, 0.3) is 11.8 Å². The molecular formula is C35H33N5O3. The van der Waals surface area contributed by atoms with Gasteiger partial charge in [-0.1, -0.05) is 42.0 Å². The van der Waals surface area contributed by atoms with E-state index in [1.807, 2.05) is 31.2 Å². The zero-order chi connectivity index (χ0) is 29.9. The van der Waals surface area contributed by atoms with E-state index in [0.29, 0.717) is 33.6 Å². The van der Waals surface area contributed by atoms with Crippen LogP contribution >= 0.6 is 0 Å². The highest BCUT2D eigenvalue weighted by atomic mass is 16.2. The van der Waals surface area contributed by atoms with Crippen molar-refractivity contribution >= 4 is 45.9 Å². The Morgan fingerprint density at radius 1 is 0.791 bits per heavy atom.